The van der Waals surface area contributed by atoms with E-state index in [1.807, 2.05) is 0 Å². The predicted octanol–water partition coefficient (Wildman–Crippen LogP) is 14.4. The molecular formula is C47H90O6. The second-order valence-electron chi connectivity index (χ2n) is 17.5. The zero-order chi connectivity index (χ0) is 39.2. The molecule has 0 aliphatic carbocycles. The lowest BCUT2D eigenvalue weighted by atomic mass is 10.0. The van der Waals surface area contributed by atoms with Crippen molar-refractivity contribution in [2.24, 2.45) is 17.8 Å². The first-order valence-electron chi connectivity index (χ1n) is 23.1. The van der Waals surface area contributed by atoms with Crippen LogP contribution in [0.1, 0.15) is 247 Å². The van der Waals surface area contributed by atoms with Gasteiger partial charge in [0.1, 0.15) is 13.2 Å². The van der Waals surface area contributed by atoms with Gasteiger partial charge in [0, 0.05) is 19.3 Å². The van der Waals surface area contributed by atoms with E-state index in [0.29, 0.717) is 19.3 Å². The minimum atomic E-state index is -0.762. The summed E-state index contributed by atoms with van der Waals surface area (Å²) in [7, 11) is 0. The number of esters is 3. The number of carbonyl (C=O) groups excluding carboxylic acids is 3. The van der Waals surface area contributed by atoms with E-state index in [-0.39, 0.29) is 31.1 Å². The smallest absolute Gasteiger partial charge is 0.306 e. The first-order chi connectivity index (χ1) is 25.6. The van der Waals surface area contributed by atoms with Crippen molar-refractivity contribution in [3.8, 4) is 0 Å². The Morgan fingerprint density at radius 3 is 0.811 bits per heavy atom. The van der Waals surface area contributed by atoms with Gasteiger partial charge in [-0.1, -0.05) is 208 Å². The van der Waals surface area contributed by atoms with Crippen molar-refractivity contribution in [3.05, 3.63) is 0 Å². The van der Waals surface area contributed by atoms with E-state index >= 15 is 0 Å². The maximum atomic E-state index is 12.7. The van der Waals surface area contributed by atoms with E-state index in [1.54, 1.807) is 0 Å². The minimum Gasteiger partial charge on any atom is -0.462 e. The summed E-state index contributed by atoms with van der Waals surface area (Å²) in [5.74, 6) is 1.52. The quantitative estimate of drug-likeness (QED) is 0.0352. The molecule has 314 valence electrons. The summed E-state index contributed by atoms with van der Waals surface area (Å²) >= 11 is 0. The van der Waals surface area contributed by atoms with Crippen LogP contribution in [-0.4, -0.2) is 37.2 Å². The Morgan fingerprint density at radius 2 is 0.547 bits per heavy atom. The van der Waals surface area contributed by atoms with Gasteiger partial charge in [-0.2, -0.15) is 0 Å². The molecule has 0 rings (SSSR count). The van der Waals surface area contributed by atoms with Gasteiger partial charge in [0.15, 0.2) is 6.10 Å². The van der Waals surface area contributed by atoms with Crippen LogP contribution in [0, 0.1) is 17.8 Å². The lowest BCUT2D eigenvalue weighted by Gasteiger charge is -2.18. The monoisotopic (exact) mass is 751 g/mol. The van der Waals surface area contributed by atoms with Crippen LogP contribution in [0.5, 0.6) is 0 Å². The van der Waals surface area contributed by atoms with Gasteiger partial charge >= 0.3 is 17.9 Å². The first kappa shape index (κ1) is 51.4. The molecule has 6 nitrogen and oxygen atoms in total. The molecule has 0 radical (unpaired) electrons. The zero-order valence-electron chi connectivity index (χ0n) is 36.3. The van der Waals surface area contributed by atoms with Gasteiger partial charge in [-0.15, -0.1) is 0 Å². The van der Waals surface area contributed by atoms with Gasteiger partial charge in [0.2, 0.25) is 0 Å². The summed E-state index contributed by atoms with van der Waals surface area (Å²) in [4.78, 5) is 37.7. The number of ether oxygens (including phenoxy) is 3. The standard InChI is InChI=1S/C47H90O6/c1-41(2)33-27-21-15-11-9-7-8-10-12-17-24-30-36-45(48)51-39-44(53-47(50)38-32-26-20-19-23-29-35-43(5)6)40-52-46(49)37-31-25-18-14-13-16-22-28-34-42(3)4/h41-44H,7-40H2,1-6H3/t44-/m0/s1. The van der Waals surface area contributed by atoms with Crippen LogP contribution < -0.4 is 0 Å². The van der Waals surface area contributed by atoms with E-state index < -0.39 is 6.10 Å². The maximum absolute atomic E-state index is 12.7. The number of rotatable bonds is 40. The molecular weight excluding hydrogens is 661 g/mol. The summed E-state index contributed by atoms with van der Waals surface area (Å²) in [6.07, 6.45) is 35.4. The zero-order valence-corrected chi connectivity index (χ0v) is 36.3. The fourth-order valence-corrected chi connectivity index (χ4v) is 6.88. The van der Waals surface area contributed by atoms with Crippen LogP contribution in [0.3, 0.4) is 0 Å². The summed E-state index contributed by atoms with van der Waals surface area (Å²) in [6.45, 7) is 13.6. The second kappa shape index (κ2) is 38.7. The molecule has 0 unspecified atom stereocenters. The third-order valence-electron chi connectivity index (χ3n) is 10.4. The van der Waals surface area contributed by atoms with E-state index in [9.17, 15) is 14.4 Å². The van der Waals surface area contributed by atoms with Crippen molar-refractivity contribution < 1.29 is 28.6 Å². The molecule has 0 aliphatic heterocycles. The van der Waals surface area contributed by atoms with Crippen LogP contribution in [0.2, 0.25) is 0 Å². The predicted molar refractivity (Wildman–Crippen MR) is 224 cm³/mol. The van der Waals surface area contributed by atoms with E-state index in [2.05, 4.69) is 41.5 Å². The second-order valence-corrected chi connectivity index (χ2v) is 17.5. The number of unbranched alkanes of at least 4 members (excludes halogenated alkanes) is 23. The lowest BCUT2D eigenvalue weighted by Crippen LogP contribution is -2.30. The summed E-state index contributed by atoms with van der Waals surface area (Å²) < 4.78 is 16.7. The van der Waals surface area contributed by atoms with Gasteiger partial charge < -0.3 is 14.2 Å². The SMILES string of the molecule is CC(C)CCCCCCCCCCCCCCC(=O)OC[C@@H](COC(=O)CCCCCCCCCCC(C)C)OC(=O)CCCCCCCCC(C)C. The Bertz CT molecular complexity index is 822. The molecule has 53 heavy (non-hydrogen) atoms. The normalized spacial score (nSPS) is 12.2. The topological polar surface area (TPSA) is 78.9 Å². The van der Waals surface area contributed by atoms with Crippen molar-refractivity contribution in [1.29, 1.82) is 0 Å². The Balaban J connectivity index is 4.29. The molecule has 0 aromatic rings. The average Bonchev–Trinajstić information content (AvgIpc) is 3.11. The lowest BCUT2D eigenvalue weighted by molar-refractivity contribution is -0.167. The van der Waals surface area contributed by atoms with Crippen molar-refractivity contribution >= 4 is 17.9 Å². The average molecular weight is 751 g/mol. The highest BCUT2D eigenvalue weighted by atomic mass is 16.6. The summed E-state index contributed by atoms with van der Waals surface area (Å²) in [5.41, 5.74) is 0. The van der Waals surface area contributed by atoms with E-state index in [1.165, 1.54) is 128 Å². The van der Waals surface area contributed by atoms with Gasteiger partial charge in [-0.3, -0.25) is 14.4 Å². The Labute approximate surface area is 329 Å². The van der Waals surface area contributed by atoms with Crippen LogP contribution in [0.4, 0.5) is 0 Å². The molecule has 0 fully saturated rings. The highest BCUT2D eigenvalue weighted by Gasteiger charge is 2.19. The van der Waals surface area contributed by atoms with Gasteiger partial charge in [0.25, 0.3) is 0 Å². The van der Waals surface area contributed by atoms with Gasteiger partial charge in [0.05, 0.1) is 0 Å². The summed E-state index contributed by atoms with van der Waals surface area (Å²) in [6, 6.07) is 0. The Morgan fingerprint density at radius 1 is 0.321 bits per heavy atom. The molecule has 0 amide bonds. The number of hydrogen-bond acceptors (Lipinski definition) is 6. The Kier molecular flexibility index (Phi) is 37.5. The largest absolute Gasteiger partial charge is 0.462 e. The van der Waals surface area contributed by atoms with E-state index in [0.717, 1.165) is 75.5 Å². The third kappa shape index (κ3) is 41.4. The van der Waals surface area contributed by atoms with Crippen LogP contribution in [0.15, 0.2) is 0 Å². The highest BCUT2D eigenvalue weighted by Crippen LogP contribution is 2.17. The van der Waals surface area contributed by atoms with Crippen LogP contribution in [-0.2, 0) is 28.6 Å². The first-order valence-corrected chi connectivity index (χ1v) is 23.1. The van der Waals surface area contributed by atoms with Crippen molar-refractivity contribution in [2.75, 3.05) is 13.2 Å². The molecule has 0 saturated carbocycles. The van der Waals surface area contributed by atoms with Gasteiger partial charge in [-0.05, 0) is 37.0 Å². The van der Waals surface area contributed by atoms with Crippen molar-refractivity contribution in [1.82, 2.24) is 0 Å². The third-order valence-corrected chi connectivity index (χ3v) is 10.4. The highest BCUT2D eigenvalue weighted by molar-refractivity contribution is 5.71. The molecule has 0 heterocycles. The van der Waals surface area contributed by atoms with E-state index in [4.69, 9.17) is 14.2 Å². The molecule has 0 bridgehead atoms. The maximum Gasteiger partial charge on any atom is 0.306 e. The molecule has 0 aromatic heterocycles. The molecule has 0 spiro atoms. The molecule has 0 aromatic carbocycles. The minimum absolute atomic E-state index is 0.0669. The molecule has 0 aliphatic rings. The number of hydrogen-bond donors (Lipinski definition) is 0. The molecule has 0 N–H and O–H groups in total. The molecule has 1 atom stereocenters. The van der Waals surface area contributed by atoms with Crippen LogP contribution in [0.25, 0.3) is 0 Å². The molecule has 0 saturated heterocycles. The Hall–Kier alpha value is -1.59. The van der Waals surface area contributed by atoms with Crippen molar-refractivity contribution in [2.45, 2.75) is 253 Å². The van der Waals surface area contributed by atoms with Crippen LogP contribution >= 0.6 is 0 Å². The fraction of sp³-hybridized carbons (Fsp3) is 0.936. The van der Waals surface area contributed by atoms with Gasteiger partial charge in [-0.25, -0.2) is 0 Å². The number of carbonyl (C=O) groups is 3. The van der Waals surface area contributed by atoms with Crippen molar-refractivity contribution in [3.63, 3.8) is 0 Å². The fourth-order valence-electron chi connectivity index (χ4n) is 6.88. The summed E-state index contributed by atoms with van der Waals surface area (Å²) in [5, 5.41) is 0. The molecule has 6 heteroatoms.